The summed E-state index contributed by atoms with van der Waals surface area (Å²) in [6, 6.07) is 15.5. The third-order valence-corrected chi connectivity index (χ3v) is 8.00. The Morgan fingerprint density at radius 3 is 2.58 bits per heavy atom. The molecule has 1 unspecified atom stereocenters. The second-order valence-corrected chi connectivity index (χ2v) is 10.4. The molecule has 0 radical (unpaired) electrons. The van der Waals surface area contributed by atoms with E-state index in [0.29, 0.717) is 28.1 Å². The van der Waals surface area contributed by atoms with Crippen LogP contribution in [-0.2, 0) is 16.1 Å². The number of methoxy groups -OCH3 is 1. The molecule has 2 aromatic heterocycles. The maximum absolute atomic E-state index is 12.9. The minimum atomic E-state index is -0.499. The molecule has 2 heterocycles. The molecule has 0 aliphatic rings. The molecule has 1 N–H and O–H groups in total. The second kappa shape index (κ2) is 12.3. The molecule has 0 aliphatic carbocycles. The molecule has 38 heavy (non-hydrogen) atoms. The Balaban J connectivity index is 1.46. The van der Waals surface area contributed by atoms with Crippen molar-refractivity contribution < 1.29 is 19.1 Å². The van der Waals surface area contributed by atoms with Gasteiger partial charge in [-0.1, -0.05) is 54.2 Å². The number of amides is 1. The van der Waals surface area contributed by atoms with Crippen LogP contribution in [0.2, 0.25) is 0 Å². The summed E-state index contributed by atoms with van der Waals surface area (Å²) >= 11 is 2.57. The van der Waals surface area contributed by atoms with Crippen molar-refractivity contribution >= 4 is 40.0 Å². The molecule has 4 aromatic rings. The first-order valence-corrected chi connectivity index (χ1v) is 14.0. The number of aromatic nitrogens is 3. The van der Waals surface area contributed by atoms with Gasteiger partial charge in [0.15, 0.2) is 17.1 Å². The minimum absolute atomic E-state index is 0.101. The molecule has 0 spiro atoms. The fraction of sp³-hybridized carbons (Fsp3) is 0.286. The number of benzene rings is 2. The molecule has 0 aliphatic heterocycles. The normalized spacial score (nSPS) is 11.7. The van der Waals surface area contributed by atoms with Crippen LogP contribution in [0.15, 0.2) is 59.1 Å². The van der Waals surface area contributed by atoms with Gasteiger partial charge in [-0.15, -0.1) is 21.5 Å². The second-order valence-electron chi connectivity index (χ2n) is 8.59. The smallest absolute Gasteiger partial charge is 0.341 e. The van der Waals surface area contributed by atoms with Crippen molar-refractivity contribution in [3.05, 3.63) is 76.4 Å². The van der Waals surface area contributed by atoms with Crippen molar-refractivity contribution in [3.8, 4) is 16.9 Å². The van der Waals surface area contributed by atoms with Crippen molar-refractivity contribution in [2.24, 2.45) is 0 Å². The standard InChI is InChI=1S/C28H30N4O4S2/c1-6-32-25(19(4)36-22-14-10-11-17(2)18(22)3)30-31-28(32)38-16-23(33)29-26-24(27(34)35-5)21(15-37-26)20-12-8-7-9-13-20/h7-15,19H,6,16H2,1-5H3,(H,29,33). The van der Waals surface area contributed by atoms with Gasteiger partial charge in [0, 0.05) is 17.5 Å². The number of carbonyl (C=O) groups excluding carboxylic acids is 2. The highest BCUT2D eigenvalue weighted by Gasteiger charge is 2.24. The largest absolute Gasteiger partial charge is 0.482 e. The van der Waals surface area contributed by atoms with Gasteiger partial charge in [-0.25, -0.2) is 4.79 Å². The average Bonchev–Trinajstić information content (AvgIpc) is 3.54. The first-order chi connectivity index (χ1) is 18.3. The fourth-order valence-electron chi connectivity index (χ4n) is 3.98. The van der Waals surface area contributed by atoms with Crippen molar-refractivity contribution in [2.75, 3.05) is 18.2 Å². The molecular weight excluding hydrogens is 520 g/mol. The lowest BCUT2D eigenvalue weighted by atomic mass is 10.0. The number of esters is 1. The van der Waals surface area contributed by atoms with Crippen LogP contribution in [0.3, 0.4) is 0 Å². The molecule has 10 heteroatoms. The summed E-state index contributed by atoms with van der Waals surface area (Å²) in [6.45, 7) is 8.65. The highest BCUT2D eigenvalue weighted by atomic mass is 32.2. The molecule has 0 fully saturated rings. The molecule has 0 bridgehead atoms. The van der Waals surface area contributed by atoms with Gasteiger partial charge < -0.3 is 19.4 Å². The average molecular weight is 551 g/mol. The number of hydrogen-bond donors (Lipinski definition) is 1. The fourth-order valence-corrected chi connectivity index (χ4v) is 5.76. The number of ether oxygens (including phenoxy) is 2. The van der Waals surface area contributed by atoms with Gasteiger partial charge in [-0.3, -0.25) is 4.79 Å². The number of nitrogens with one attached hydrogen (secondary N) is 1. The topological polar surface area (TPSA) is 95.3 Å². The number of anilines is 1. The minimum Gasteiger partial charge on any atom is -0.482 e. The maximum Gasteiger partial charge on any atom is 0.341 e. The van der Waals surface area contributed by atoms with Gasteiger partial charge in [-0.2, -0.15) is 0 Å². The maximum atomic E-state index is 12.9. The number of hydrogen-bond acceptors (Lipinski definition) is 8. The molecule has 0 saturated heterocycles. The lowest BCUT2D eigenvalue weighted by Gasteiger charge is -2.17. The monoisotopic (exact) mass is 550 g/mol. The Kier molecular flexibility index (Phi) is 8.85. The van der Waals surface area contributed by atoms with Crippen LogP contribution in [0.1, 0.15) is 47.3 Å². The van der Waals surface area contributed by atoms with E-state index in [-0.39, 0.29) is 17.8 Å². The first kappa shape index (κ1) is 27.4. The number of aryl methyl sites for hydroxylation is 1. The molecular formula is C28H30N4O4S2. The van der Waals surface area contributed by atoms with Crippen molar-refractivity contribution in [3.63, 3.8) is 0 Å². The van der Waals surface area contributed by atoms with Gasteiger partial charge in [0.05, 0.1) is 12.9 Å². The summed E-state index contributed by atoms with van der Waals surface area (Å²) in [5, 5.41) is 14.5. The zero-order valence-electron chi connectivity index (χ0n) is 22.0. The van der Waals surface area contributed by atoms with E-state index in [1.807, 2.05) is 86.2 Å². The molecule has 2 aromatic carbocycles. The van der Waals surface area contributed by atoms with E-state index in [1.54, 1.807) is 0 Å². The third-order valence-electron chi connectivity index (χ3n) is 6.13. The Morgan fingerprint density at radius 2 is 1.87 bits per heavy atom. The molecule has 198 valence electrons. The van der Waals surface area contributed by atoms with Crippen LogP contribution in [0.5, 0.6) is 5.75 Å². The van der Waals surface area contributed by atoms with Crippen LogP contribution in [0, 0.1) is 13.8 Å². The molecule has 0 saturated carbocycles. The van der Waals surface area contributed by atoms with Crippen LogP contribution >= 0.6 is 23.1 Å². The lowest BCUT2D eigenvalue weighted by molar-refractivity contribution is -0.113. The Labute approximate surface area is 230 Å². The van der Waals surface area contributed by atoms with Crippen molar-refractivity contribution in [1.29, 1.82) is 0 Å². The van der Waals surface area contributed by atoms with Crippen molar-refractivity contribution in [2.45, 2.75) is 45.5 Å². The quantitative estimate of drug-likeness (QED) is 0.183. The number of nitrogens with zero attached hydrogens (tertiary/aromatic N) is 3. The summed E-state index contributed by atoms with van der Waals surface area (Å²) in [6.07, 6.45) is -0.323. The van der Waals surface area contributed by atoms with E-state index in [1.165, 1.54) is 30.2 Å². The highest BCUT2D eigenvalue weighted by molar-refractivity contribution is 7.99. The summed E-state index contributed by atoms with van der Waals surface area (Å²) in [5.74, 6) is 0.845. The van der Waals surface area contributed by atoms with Gasteiger partial charge in [0.25, 0.3) is 0 Å². The molecule has 1 amide bonds. The van der Waals surface area contributed by atoms with E-state index in [0.717, 1.165) is 28.0 Å². The van der Waals surface area contributed by atoms with Gasteiger partial charge >= 0.3 is 5.97 Å². The number of carbonyl (C=O) groups is 2. The third kappa shape index (κ3) is 5.92. The molecule has 1 atom stereocenters. The van der Waals surface area contributed by atoms with E-state index in [4.69, 9.17) is 9.47 Å². The summed E-state index contributed by atoms with van der Waals surface area (Å²) in [5.41, 5.74) is 4.19. The molecule has 4 rings (SSSR count). The van der Waals surface area contributed by atoms with E-state index >= 15 is 0 Å². The highest BCUT2D eigenvalue weighted by Crippen LogP contribution is 2.36. The summed E-state index contributed by atoms with van der Waals surface area (Å²) in [4.78, 5) is 25.5. The van der Waals surface area contributed by atoms with Crippen LogP contribution < -0.4 is 10.1 Å². The number of rotatable bonds is 10. The number of thioether (sulfide) groups is 1. The lowest BCUT2D eigenvalue weighted by Crippen LogP contribution is -2.17. The zero-order valence-corrected chi connectivity index (χ0v) is 23.6. The summed E-state index contributed by atoms with van der Waals surface area (Å²) < 4.78 is 13.2. The van der Waals surface area contributed by atoms with Gasteiger partial charge in [0.2, 0.25) is 5.91 Å². The van der Waals surface area contributed by atoms with Crippen LogP contribution in [-0.4, -0.2) is 39.5 Å². The van der Waals surface area contributed by atoms with E-state index < -0.39 is 5.97 Å². The van der Waals surface area contributed by atoms with Crippen molar-refractivity contribution in [1.82, 2.24) is 14.8 Å². The Morgan fingerprint density at radius 1 is 1.11 bits per heavy atom. The predicted octanol–water partition coefficient (Wildman–Crippen LogP) is 6.30. The molecule has 8 nitrogen and oxygen atoms in total. The predicted molar refractivity (Wildman–Crippen MR) is 151 cm³/mol. The zero-order chi connectivity index (χ0) is 27.2. The number of thiophene rings is 1. The van der Waals surface area contributed by atoms with Gasteiger partial charge in [-0.05, 0) is 50.5 Å². The van der Waals surface area contributed by atoms with Gasteiger partial charge in [0.1, 0.15) is 16.3 Å². The van der Waals surface area contributed by atoms with Crippen LogP contribution in [0.4, 0.5) is 5.00 Å². The summed E-state index contributed by atoms with van der Waals surface area (Å²) in [7, 11) is 1.33. The van der Waals surface area contributed by atoms with E-state index in [9.17, 15) is 9.59 Å². The first-order valence-electron chi connectivity index (χ1n) is 12.2. The SMILES string of the molecule is CCn1c(SCC(=O)Nc2scc(-c3ccccc3)c2C(=O)OC)nnc1C(C)Oc1cccc(C)c1C. The van der Waals surface area contributed by atoms with Crippen LogP contribution in [0.25, 0.3) is 11.1 Å². The Bertz CT molecular complexity index is 1430. The Hall–Kier alpha value is -3.63. The van der Waals surface area contributed by atoms with E-state index in [2.05, 4.69) is 15.5 Å².